The first kappa shape index (κ1) is 29.3. The van der Waals surface area contributed by atoms with Crippen LogP contribution >= 0.6 is 0 Å². The third-order valence-corrected chi connectivity index (χ3v) is 4.10. The average molecular weight is 311 g/mol. The fourth-order valence-electron chi connectivity index (χ4n) is 2.49. The van der Waals surface area contributed by atoms with Crippen LogP contribution in [0, 0.1) is 23.7 Å². The van der Waals surface area contributed by atoms with Crippen molar-refractivity contribution in [2.75, 3.05) is 0 Å². The van der Waals surface area contributed by atoms with Gasteiger partial charge in [0.25, 0.3) is 0 Å². The van der Waals surface area contributed by atoms with Crippen LogP contribution in [0.3, 0.4) is 0 Å². The van der Waals surface area contributed by atoms with E-state index in [1.165, 1.54) is 12.8 Å². The maximum atomic E-state index is 2.40. The Kier molecular flexibility index (Phi) is 26.9. The fourth-order valence-corrected chi connectivity index (χ4v) is 2.49. The molecule has 0 aliphatic heterocycles. The molecule has 0 radical (unpaired) electrons. The van der Waals surface area contributed by atoms with E-state index in [0.717, 1.165) is 23.7 Å². The standard InChI is InChI=1S/C10H20.C6H6.2C2H6.2CH4/c1-7-5-9(3)10(4)6-8(7)2;1-2-4-6-5-3-1;2*1-2;;/h7-10H,5-6H2,1-4H3;1-6H;2*1-2H3;2*1H4/t7-,8+,9+,10-;;;;;. The molecule has 4 atom stereocenters. The number of hydrogen-bond donors (Lipinski definition) is 0. The number of hydrogen-bond acceptors (Lipinski definition) is 0. The average Bonchev–Trinajstić information content (AvgIpc) is 2.52. The van der Waals surface area contributed by atoms with E-state index in [2.05, 4.69) is 27.7 Å². The topological polar surface area (TPSA) is 0 Å². The van der Waals surface area contributed by atoms with Crippen LogP contribution in [-0.2, 0) is 0 Å². The van der Waals surface area contributed by atoms with E-state index < -0.39 is 0 Å². The molecule has 0 heteroatoms. The highest BCUT2D eigenvalue weighted by atomic mass is 14.3. The third kappa shape index (κ3) is 14.2. The molecule has 0 N–H and O–H groups in total. The van der Waals surface area contributed by atoms with Gasteiger partial charge in [0.15, 0.2) is 0 Å². The highest BCUT2D eigenvalue weighted by Gasteiger charge is 2.26. The minimum absolute atomic E-state index is 0. The summed E-state index contributed by atoms with van der Waals surface area (Å²) in [6.07, 6.45) is 2.89. The highest BCUT2D eigenvalue weighted by molar-refractivity contribution is 4.99. The Bertz CT molecular complexity index is 212. The fraction of sp³-hybridized carbons (Fsp3) is 0.727. The van der Waals surface area contributed by atoms with Crippen LogP contribution in [0.25, 0.3) is 0 Å². The first-order chi connectivity index (χ1) is 9.61. The maximum Gasteiger partial charge on any atom is -0.0414 e. The van der Waals surface area contributed by atoms with E-state index in [0.29, 0.717) is 0 Å². The van der Waals surface area contributed by atoms with Gasteiger partial charge in [-0.1, -0.05) is 107 Å². The van der Waals surface area contributed by atoms with Crippen molar-refractivity contribution in [3.8, 4) is 0 Å². The predicted molar refractivity (Wildman–Crippen MR) is 108 cm³/mol. The van der Waals surface area contributed by atoms with Crippen molar-refractivity contribution in [2.45, 2.75) is 83.1 Å². The quantitative estimate of drug-likeness (QED) is 0.451. The minimum Gasteiger partial charge on any atom is -0.0776 e. The summed E-state index contributed by atoms with van der Waals surface area (Å²) < 4.78 is 0. The molecule has 0 amide bonds. The van der Waals surface area contributed by atoms with Gasteiger partial charge in [0.05, 0.1) is 0 Å². The molecule has 22 heavy (non-hydrogen) atoms. The number of benzene rings is 1. The Hall–Kier alpha value is -0.780. The van der Waals surface area contributed by atoms with Crippen LogP contribution in [0.5, 0.6) is 0 Å². The molecule has 1 fully saturated rings. The van der Waals surface area contributed by atoms with Crippen molar-refractivity contribution in [1.29, 1.82) is 0 Å². The first-order valence-corrected chi connectivity index (χ1v) is 8.61. The molecule has 1 aliphatic rings. The van der Waals surface area contributed by atoms with Crippen LogP contribution in [0.1, 0.15) is 83.1 Å². The maximum absolute atomic E-state index is 2.40. The summed E-state index contributed by atoms with van der Waals surface area (Å²) in [6, 6.07) is 12.0. The van der Waals surface area contributed by atoms with Crippen LogP contribution < -0.4 is 0 Å². The number of rotatable bonds is 0. The monoisotopic (exact) mass is 310 g/mol. The molecule has 0 saturated heterocycles. The smallest absolute Gasteiger partial charge is 0.0414 e. The normalized spacial score (nSPS) is 25.1. The Morgan fingerprint density at radius 2 is 0.591 bits per heavy atom. The molecule has 1 saturated carbocycles. The van der Waals surface area contributed by atoms with Crippen LogP contribution in [0.2, 0.25) is 0 Å². The van der Waals surface area contributed by atoms with Crippen molar-refractivity contribution in [2.24, 2.45) is 23.7 Å². The summed E-state index contributed by atoms with van der Waals surface area (Å²) in [5.41, 5.74) is 0. The molecule has 0 aromatic heterocycles. The van der Waals surface area contributed by atoms with Gasteiger partial charge >= 0.3 is 0 Å². The van der Waals surface area contributed by atoms with Gasteiger partial charge in [-0.05, 0) is 36.5 Å². The molecular formula is C22H46. The summed E-state index contributed by atoms with van der Waals surface area (Å²) in [7, 11) is 0. The van der Waals surface area contributed by atoms with Gasteiger partial charge in [-0.3, -0.25) is 0 Å². The zero-order valence-electron chi connectivity index (χ0n) is 15.2. The third-order valence-electron chi connectivity index (χ3n) is 4.10. The van der Waals surface area contributed by atoms with Gasteiger partial charge in [0.1, 0.15) is 0 Å². The lowest BCUT2D eigenvalue weighted by Gasteiger charge is -2.35. The van der Waals surface area contributed by atoms with Gasteiger partial charge < -0.3 is 0 Å². The van der Waals surface area contributed by atoms with Crippen LogP contribution in [0.4, 0.5) is 0 Å². The summed E-state index contributed by atoms with van der Waals surface area (Å²) in [5, 5.41) is 0. The molecule has 0 bridgehead atoms. The summed E-state index contributed by atoms with van der Waals surface area (Å²) >= 11 is 0. The minimum atomic E-state index is 0. The van der Waals surface area contributed by atoms with Crippen LogP contribution in [-0.4, -0.2) is 0 Å². The molecule has 2 rings (SSSR count). The van der Waals surface area contributed by atoms with E-state index >= 15 is 0 Å². The van der Waals surface area contributed by atoms with Gasteiger partial charge in [-0.15, -0.1) is 0 Å². The molecule has 1 aliphatic carbocycles. The van der Waals surface area contributed by atoms with Crippen molar-refractivity contribution >= 4 is 0 Å². The Morgan fingerprint density at radius 1 is 0.455 bits per heavy atom. The van der Waals surface area contributed by atoms with E-state index in [-0.39, 0.29) is 14.9 Å². The van der Waals surface area contributed by atoms with Crippen molar-refractivity contribution in [3.05, 3.63) is 36.4 Å². The SMILES string of the molecule is C.C.CC.CC.C[C@@H]1C[C@H](C)[C@H](C)C[C@@H]1C.c1ccccc1. The van der Waals surface area contributed by atoms with Gasteiger partial charge in [0, 0.05) is 0 Å². The molecular weight excluding hydrogens is 264 g/mol. The Balaban J connectivity index is -0.000000118. The molecule has 134 valence electrons. The molecule has 1 aromatic carbocycles. The molecule has 0 spiro atoms. The molecule has 1 aromatic rings. The van der Waals surface area contributed by atoms with Gasteiger partial charge in [0.2, 0.25) is 0 Å². The highest BCUT2D eigenvalue weighted by Crippen LogP contribution is 2.36. The zero-order chi connectivity index (χ0) is 16.0. The van der Waals surface area contributed by atoms with Crippen LogP contribution in [0.15, 0.2) is 36.4 Å². The van der Waals surface area contributed by atoms with Gasteiger partial charge in [-0.2, -0.15) is 0 Å². The van der Waals surface area contributed by atoms with Gasteiger partial charge in [-0.25, -0.2) is 0 Å². The Morgan fingerprint density at radius 3 is 0.727 bits per heavy atom. The lowest BCUT2D eigenvalue weighted by Crippen LogP contribution is -2.25. The lowest BCUT2D eigenvalue weighted by atomic mass is 9.71. The summed E-state index contributed by atoms with van der Waals surface area (Å²) in [5.74, 6) is 3.86. The predicted octanol–water partition coefficient (Wildman–Crippen LogP) is 8.34. The second kappa shape index (κ2) is 20.2. The zero-order valence-corrected chi connectivity index (χ0v) is 15.2. The van der Waals surface area contributed by atoms with E-state index in [4.69, 9.17) is 0 Å². The second-order valence-electron chi connectivity index (χ2n) is 5.54. The summed E-state index contributed by atoms with van der Waals surface area (Å²) in [4.78, 5) is 0. The van der Waals surface area contributed by atoms with E-state index in [1.807, 2.05) is 64.1 Å². The lowest BCUT2D eigenvalue weighted by molar-refractivity contribution is 0.157. The van der Waals surface area contributed by atoms with Crippen molar-refractivity contribution in [3.63, 3.8) is 0 Å². The largest absolute Gasteiger partial charge is 0.0776 e. The van der Waals surface area contributed by atoms with E-state index in [9.17, 15) is 0 Å². The molecule has 0 nitrogen and oxygen atoms in total. The summed E-state index contributed by atoms with van der Waals surface area (Å²) in [6.45, 7) is 17.6. The van der Waals surface area contributed by atoms with E-state index in [1.54, 1.807) is 0 Å². The van der Waals surface area contributed by atoms with Crippen molar-refractivity contribution in [1.82, 2.24) is 0 Å². The first-order valence-electron chi connectivity index (χ1n) is 8.61. The second-order valence-corrected chi connectivity index (χ2v) is 5.54. The molecule has 0 heterocycles. The molecule has 0 unspecified atom stereocenters. The van der Waals surface area contributed by atoms with Crippen molar-refractivity contribution < 1.29 is 0 Å². The Labute approximate surface area is 143 Å².